The van der Waals surface area contributed by atoms with Crippen LogP contribution >= 0.6 is 0 Å². The lowest BCUT2D eigenvalue weighted by atomic mass is 10.1. The Bertz CT molecular complexity index is 996. The number of fused-ring (bicyclic) bond motifs is 1. The standard InChI is InChI=1S/C20H18N4O/c1-14(25)15-10-12-16(13-11-15)18-8-5-9-19-22-20(23-24(18)19)21-17-6-3-2-4-7-17/h3,5-6,8-13H,2,4,7H2,1H3. The summed E-state index contributed by atoms with van der Waals surface area (Å²) in [5.41, 5.74) is 4.38. The van der Waals surface area contributed by atoms with E-state index in [2.05, 4.69) is 27.2 Å². The predicted octanol–water partition coefficient (Wildman–Crippen LogP) is 4.41. The molecule has 0 saturated carbocycles. The fourth-order valence-corrected chi connectivity index (χ4v) is 2.96. The first-order chi connectivity index (χ1) is 12.2. The fourth-order valence-electron chi connectivity index (χ4n) is 2.96. The normalized spacial score (nSPS) is 15.8. The lowest BCUT2D eigenvalue weighted by Gasteiger charge is -2.05. The molecule has 2 heterocycles. The Hall–Kier alpha value is -3.08. The molecular formula is C20H18N4O. The van der Waals surface area contributed by atoms with Gasteiger partial charge in [-0.3, -0.25) is 4.79 Å². The maximum absolute atomic E-state index is 11.5. The number of rotatable bonds is 3. The van der Waals surface area contributed by atoms with E-state index in [1.54, 1.807) is 11.4 Å². The smallest absolute Gasteiger partial charge is 0.269 e. The molecule has 5 nitrogen and oxygen atoms in total. The molecule has 0 amide bonds. The zero-order valence-electron chi connectivity index (χ0n) is 14.0. The van der Waals surface area contributed by atoms with Gasteiger partial charge in [0.2, 0.25) is 0 Å². The Labute approximate surface area is 145 Å². The molecule has 4 rings (SSSR count). The Morgan fingerprint density at radius 2 is 2.00 bits per heavy atom. The number of allylic oxidation sites excluding steroid dienone is 2. The number of nitrogens with zero attached hydrogens (tertiary/aromatic N) is 4. The number of aliphatic imine (C=N–C) groups is 1. The van der Waals surface area contributed by atoms with Crippen LogP contribution in [0.2, 0.25) is 0 Å². The largest absolute Gasteiger partial charge is 0.295 e. The molecule has 0 radical (unpaired) electrons. The highest BCUT2D eigenvalue weighted by Crippen LogP contribution is 2.22. The number of hydrogen-bond acceptors (Lipinski definition) is 4. The van der Waals surface area contributed by atoms with Gasteiger partial charge in [-0.25, -0.2) is 9.51 Å². The van der Waals surface area contributed by atoms with E-state index in [1.807, 2.05) is 42.5 Å². The average molecular weight is 330 g/mol. The molecule has 0 unspecified atom stereocenters. The van der Waals surface area contributed by atoms with Crippen LogP contribution in [0.4, 0.5) is 5.95 Å². The predicted molar refractivity (Wildman–Crippen MR) is 98.5 cm³/mol. The molecule has 5 heteroatoms. The van der Waals surface area contributed by atoms with E-state index in [0.29, 0.717) is 11.5 Å². The van der Waals surface area contributed by atoms with Crippen molar-refractivity contribution < 1.29 is 4.79 Å². The van der Waals surface area contributed by atoms with Crippen LogP contribution < -0.4 is 0 Å². The molecule has 3 aromatic rings. The zero-order chi connectivity index (χ0) is 17.2. The Morgan fingerprint density at radius 3 is 2.72 bits per heavy atom. The topological polar surface area (TPSA) is 59.6 Å². The zero-order valence-corrected chi connectivity index (χ0v) is 14.0. The fraction of sp³-hybridized carbons (Fsp3) is 0.200. The van der Waals surface area contributed by atoms with Crippen molar-refractivity contribution in [3.63, 3.8) is 0 Å². The van der Waals surface area contributed by atoms with Crippen LogP contribution in [0.3, 0.4) is 0 Å². The van der Waals surface area contributed by atoms with Crippen molar-refractivity contribution in [3.05, 3.63) is 60.2 Å². The summed E-state index contributed by atoms with van der Waals surface area (Å²) in [6.07, 6.45) is 7.39. The lowest BCUT2D eigenvalue weighted by molar-refractivity contribution is 0.101. The van der Waals surface area contributed by atoms with E-state index in [1.165, 1.54) is 0 Å². The minimum Gasteiger partial charge on any atom is -0.295 e. The number of hydrogen-bond donors (Lipinski definition) is 0. The molecule has 124 valence electrons. The first kappa shape index (κ1) is 15.4. The monoisotopic (exact) mass is 330 g/mol. The maximum Gasteiger partial charge on any atom is 0.269 e. The molecule has 2 aromatic heterocycles. The van der Waals surface area contributed by atoms with Crippen LogP contribution in [0.15, 0.2) is 59.6 Å². The number of Topliss-reactive ketones (excluding diaryl/α,β-unsaturated/α-hetero) is 1. The second-order valence-corrected chi connectivity index (χ2v) is 6.12. The van der Waals surface area contributed by atoms with Gasteiger partial charge in [-0.1, -0.05) is 36.4 Å². The molecule has 0 bridgehead atoms. The summed E-state index contributed by atoms with van der Waals surface area (Å²) in [7, 11) is 0. The van der Waals surface area contributed by atoms with Gasteiger partial charge in [0, 0.05) is 16.8 Å². The van der Waals surface area contributed by atoms with E-state index in [9.17, 15) is 4.79 Å². The van der Waals surface area contributed by atoms with Gasteiger partial charge >= 0.3 is 0 Å². The van der Waals surface area contributed by atoms with Gasteiger partial charge in [-0.15, -0.1) is 5.10 Å². The van der Waals surface area contributed by atoms with E-state index in [-0.39, 0.29) is 5.78 Å². The molecule has 0 saturated heterocycles. The molecule has 1 aliphatic rings. The third-order valence-electron chi connectivity index (χ3n) is 4.29. The minimum absolute atomic E-state index is 0.0594. The Morgan fingerprint density at radius 1 is 1.16 bits per heavy atom. The first-order valence-electron chi connectivity index (χ1n) is 8.42. The molecule has 0 atom stereocenters. The summed E-state index contributed by atoms with van der Waals surface area (Å²) < 4.78 is 1.80. The van der Waals surface area contributed by atoms with Crippen molar-refractivity contribution in [3.8, 4) is 11.3 Å². The highest BCUT2D eigenvalue weighted by Gasteiger charge is 2.10. The van der Waals surface area contributed by atoms with E-state index >= 15 is 0 Å². The van der Waals surface area contributed by atoms with Crippen molar-refractivity contribution in [2.75, 3.05) is 0 Å². The van der Waals surface area contributed by atoms with Gasteiger partial charge < -0.3 is 0 Å². The molecule has 1 aromatic carbocycles. The van der Waals surface area contributed by atoms with Crippen LogP contribution in [0.1, 0.15) is 36.5 Å². The summed E-state index contributed by atoms with van der Waals surface area (Å²) in [4.78, 5) is 20.5. The molecule has 0 aliphatic heterocycles. The van der Waals surface area contributed by atoms with Gasteiger partial charge in [0.15, 0.2) is 11.4 Å². The number of carbonyl (C=O) groups is 1. The lowest BCUT2D eigenvalue weighted by Crippen LogP contribution is -1.98. The number of benzene rings is 1. The number of pyridine rings is 1. The highest BCUT2D eigenvalue weighted by atomic mass is 16.1. The van der Waals surface area contributed by atoms with Crippen molar-refractivity contribution in [2.45, 2.75) is 26.2 Å². The van der Waals surface area contributed by atoms with Crippen molar-refractivity contribution >= 4 is 23.1 Å². The Kier molecular flexibility index (Phi) is 3.98. The van der Waals surface area contributed by atoms with Crippen LogP contribution in [-0.4, -0.2) is 26.1 Å². The quantitative estimate of drug-likeness (QED) is 0.668. The number of ketones is 1. The second-order valence-electron chi connectivity index (χ2n) is 6.12. The molecule has 0 N–H and O–H groups in total. The highest BCUT2D eigenvalue weighted by molar-refractivity contribution is 5.97. The maximum atomic E-state index is 11.5. The van der Waals surface area contributed by atoms with E-state index < -0.39 is 0 Å². The van der Waals surface area contributed by atoms with Gasteiger partial charge in [-0.05, 0) is 44.4 Å². The molecule has 0 fully saturated rings. The average Bonchev–Trinajstić information content (AvgIpc) is 3.05. The van der Waals surface area contributed by atoms with Crippen molar-refractivity contribution in [1.29, 1.82) is 0 Å². The van der Waals surface area contributed by atoms with Crippen LogP contribution in [0.5, 0.6) is 0 Å². The third-order valence-corrected chi connectivity index (χ3v) is 4.29. The van der Waals surface area contributed by atoms with Gasteiger partial charge in [0.25, 0.3) is 5.95 Å². The van der Waals surface area contributed by atoms with Gasteiger partial charge in [-0.2, -0.15) is 4.98 Å². The summed E-state index contributed by atoms with van der Waals surface area (Å²) in [6, 6.07) is 13.4. The van der Waals surface area contributed by atoms with Crippen LogP contribution in [0.25, 0.3) is 16.9 Å². The first-order valence-corrected chi connectivity index (χ1v) is 8.42. The second kappa shape index (κ2) is 6.43. The Balaban J connectivity index is 1.76. The van der Waals surface area contributed by atoms with Gasteiger partial charge in [0.1, 0.15) is 0 Å². The molecule has 1 aliphatic carbocycles. The van der Waals surface area contributed by atoms with Crippen molar-refractivity contribution in [2.24, 2.45) is 4.99 Å². The third kappa shape index (κ3) is 3.13. The molecular weight excluding hydrogens is 312 g/mol. The van der Waals surface area contributed by atoms with Crippen LogP contribution in [0, 0.1) is 0 Å². The van der Waals surface area contributed by atoms with E-state index in [4.69, 9.17) is 0 Å². The van der Waals surface area contributed by atoms with Gasteiger partial charge in [0.05, 0.1) is 5.69 Å². The summed E-state index contributed by atoms with van der Waals surface area (Å²) in [5, 5.41) is 4.56. The number of carbonyl (C=O) groups excluding carboxylic acids is 1. The minimum atomic E-state index is 0.0594. The summed E-state index contributed by atoms with van der Waals surface area (Å²) in [6.45, 7) is 1.57. The van der Waals surface area contributed by atoms with Crippen LogP contribution in [-0.2, 0) is 0 Å². The molecule has 0 spiro atoms. The van der Waals surface area contributed by atoms with E-state index in [0.717, 1.165) is 41.9 Å². The number of aromatic nitrogens is 3. The van der Waals surface area contributed by atoms with Crippen molar-refractivity contribution in [1.82, 2.24) is 14.6 Å². The SMILES string of the molecule is CC(=O)c1ccc(-c2cccc3nc(N=C4C=CCCC4)nn23)cc1. The summed E-state index contributed by atoms with van der Waals surface area (Å²) >= 11 is 0. The summed E-state index contributed by atoms with van der Waals surface area (Å²) in [5.74, 6) is 0.540. The molecule has 25 heavy (non-hydrogen) atoms.